The summed E-state index contributed by atoms with van der Waals surface area (Å²) < 4.78 is 0.303. The molecule has 3 nitrogen and oxygen atoms in total. The maximum absolute atomic E-state index is 11.8. The third-order valence-corrected chi connectivity index (χ3v) is 3.32. The van der Waals surface area contributed by atoms with E-state index in [9.17, 15) is 4.79 Å². The summed E-state index contributed by atoms with van der Waals surface area (Å²) in [6.45, 7) is 1.96. The SMILES string of the molecule is CS/C([S-])=C(\C#N)C(=O)Nc1ccc(C)cc1.[Na+]. The smallest absolute Gasteiger partial charge is 0.772 e. The number of hydrogen-bond acceptors (Lipinski definition) is 4. The predicted octanol–water partition coefficient (Wildman–Crippen LogP) is -0.417. The van der Waals surface area contributed by atoms with Crippen molar-refractivity contribution >= 4 is 36.0 Å². The first-order valence-electron chi connectivity index (χ1n) is 4.82. The van der Waals surface area contributed by atoms with Crippen LogP contribution in [0.3, 0.4) is 0 Å². The molecule has 1 aromatic carbocycles. The maximum Gasteiger partial charge on any atom is 1.00 e. The van der Waals surface area contributed by atoms with Crippen LogP contribution in [0.25, 0.3) is 0 Å². The molecule has 1 rings (SSSR count). The molecule has 0 saturated heterocycles. The van der Waals surface area contributed by atoms with E-state index in [0.717, 1.165) is 5.56 Å². The molecule has 0 aliphatic carbocycles. The largest absolute Gasteiger partial charge is 1.00 e. The van der Waals surface area contributed by atoms with Gasteiger partial charge in [-0.1, -0.05) is 17.7 Å². The van der Waals surface area contributed by atoms with Crippen LogP contribution in [0, 0.1) is 18.3 Å². The Morgan fingerprint density at radius 2 is 1.94 bits per heavy atom. The summed E-state index contributed by atoms with van der Waals surface area (Å²) >= 11 is 6.14. The minimum atomic E-state index is -0.462. The molecule has 0 fully saturated rings. The van der Waals surface area contributed by atoms with Crippen LogP contribution in [0.4, 0.5) is 5.69 Å². The molecular formula is C12H11N2NaOS2. The summed E-state index contributed by atoms with van der Waals surface area (Å²) in [4.78, 5) is 11.8. The van der Waals surface area contributed by atoms with Crippen LogP contribution in [-0.2, 0) is 17.4 Å². The van der Waals surface area contributed by atoms with Crippen LogP contribution < -0.4 is 34.9 Å². The van der Waals surface area contributed by atoms with E-state index in [0.29, 0.717) is 9.92 Å². The molecule has 1 N–H and O–H groups in total. The molecule has 1 amide bonds. The molecule has 88 valence electrons. The second kappa shape index (κ2) is 8.57. The van der Waals surface area contributed by atoms with Crippen molar-refractivity contribution in [3.05, 3.63) is 39.6 Å². The number of carbonyl (C=O) groups is 1. The monoisotopic (exact) mass is 286 g/mol. The normalized spacial score (nSPS) is 10.7. The molecular weight excluding hydrogens is 275 g/mol. The Bertz CT molecular complexity index is 492. The zero-order valence-electron chi connectivity index (χ0n) is 10.5. The van der Waals surface area contributed by atoms with E-state index in [2.05, 4.69) is 5.32 Å². The number of nitrogens with zero attached hydrogens (tertiary/aromatic N) is 1. The Morgan fingerprint density at radius 3 is 2.39 bits per heavy atom. The summed E-state index contributed by atoms with van der Waals surface area (Å²) in [7, 11) is 0. The fourth-order valence-electron chi connectivity index (χ4n) is 1.12. The Morgan fingerprint density at radius 1 is 1.39 bits per heavy atom. The molecule has 0 spiro atoms. The number of carbonyl (C=O) groups excluding carboxylic acids is 1. The topological polar surface area (TPSA) is 52.9 Å². The molecule has 0 aromatic heterocycles. The molecule has 0 heterocycles. The standard InChI is InChI=1S/C12H12N2OS2.Na/c1-8-3-5-9(6-4-8)14-11(15)10(7-13)12(16)17-2;/h3-6,16H,1-2H3,(H,14,15);/q;+1/p-1/b12-10+;. The molecule has 0 aliphatic rings. The van der Waals surface area contributed by atoms with Gasteiger partial charge in [-0.2, -0.15) is 17.0 Å². The van der Waals surface area contributed by atoms with Gasteiger partial charge in [0.2, 0.25) is 0 Å². The quantitative estimate of drug-likeness (QED) is 0.355. The van der Waals surface area contributed by atoms with Gasteiger partial charge in [0.1, 0.15) is 11.6 Å². The second-order valence-electron chi connectivity index (χ2n) is 3.30. The van der Waals surface area contributed by atoms with E-state index in [-0.39, 0.29) is 35.1 Å². The van der Waals surface area contributed by atoms with Gasteiger partial charge in [0.05, 0.1) is 0 Å². The van der Waals surface area contributed by atoms with Crippen LogP contribution in [0.15, 0.2) is 34.1 Å². The van der Waals surface area contributed by atoms with Gasteiger partial charge in [0, 0.05) is 5.69 Å². The van der Waals surface area contributed by atoms with Gasteiger partial charge >= 0.3 is 29.6 Å². The van der Waals surface area contributed by atoms with Gasteiger partial charge < -0.3 is 17.9 Å². The van der Waals surface area contributed by atoms with Gasteiger partial charge in [-0.3, -0.25) is 4.79 Å². The summed E-state index contributed by atoms with van der Waals surface area (Å²) in [6.07, 6.45) is 1.73. The van der Waals surface area contributed by atoms with Crippen LogP contribution in [0.1, 0.15) is 5.56 Å². The Hall–Kier alpha value is -0.510. The van der Waals surface area contributed by atoms with E-state index in [4.69, 9.17) is 17.9 Å². The molecule has 1 aromatic rings. The first kappa shape index (κ1) is 17.5. The summed E-state index contributed by atoms with van der Waals surface area (Å²) in [5.41, 5.74) is 1.73. The van der Waals surface area contributed by atoms with E-state index < -0.39 is 5.91 Å². The average Bonchev–Trinajstić information content (AvgIpc) is 2.32. The number of hydrogen-bond donors (Lipinski definition) is 1. The van der Waals surface area contributed by atoms with Gasteiger partial charge in [-0.25, -0.2) is 0 Å². The molecule has 0 aliphatic heterocycles. The fraction of sp³-hybridized carbons (Fsp3) is 0.167. The van der Waals surface area contributed by atoms with Crippen LogP contribution in [0.5, 0.6) is 0 Å². The van der Waals surface area contributed by atoms with Gasteiger partial charge in [-0.15, -0.1) is 4.24 Å². The number of amides is 1. The first-order valence-corrected chi connectivity index (χ1v) is 6.45. The zero-order chi connectivity index (χ0) is 12.8. The predicted molar refractivity (Wildman–Crippen MR) is 73.3 cm³/mol. The molecule has 6 heteroatoms. The molecule has 18 heavy (non-hydrogen) atoms. The molecule has 0 bridgehead atoms. The van der Waals surface area contributed by atoms with Crippen molar-refractivity contribution in [2.75, 3.05) is 11.6 Å². The molecule has 0 atom stereocenters. The van der Waals surface area contributed by atoms with Crippen LogP contribution in [0.2, 0.25) is 0 Å². The third kappa shape index (κ3) is 5.01. The number of aryl methyl sites for hydroxylation is 1. The Balaban J connectivity index is 0.00000289. The van der Waals surface area contributed by atoms with Crippen molar-refractivity contribution in [3.63, 3.8) is 0 Å². The average molecular weight is 286 g/mol. The number of thioether (sulfide) groups is 1. The molecule has 0 unspecified atom stereocenters. The van der Waals surface area contributed by atoms with Gasteiger partial charge in [0.25, 0.3) is 5.91 Å². The fourth-order valence-corrected chi connectivity index (χ4v) is 1.60. The van der Waals surface area contributed by atoms with Crippen LogP contribution in [-0.4, -0.2) is 12.2 Å². The Labute approximate surface area is 139 Å². The van der Waals surface area contributed by atoms with Crippen LogP contribution >= 0.6 is 11.8 Å². The van der Waals surface area contributed by atoms with Crippen molar-refractivity contribution in [1.82, 2.24) is 0 Å². The van der Waals surface area contributed by atoms with Crippen molar-refractivity contribution in [3.8, 4) is 6.07 Å². The summed E-state index contributed by atoms with van der Waals surface area (Å²) in [6, 6.07) is 9.16. The second-order valence-corrected chi connectivity index (χ2v) is 4.78. The summed E-state index contributed by atoms with van der Waals surface area (Å²) in [5, 5.41) is 11.5. The van der Waals surface area contributed by atoms with Crippen molar-refractivity contribution in [1.29, 1.82) is 5.26 Å². The summed E-state index contributed by atoms with van der Waals surface area (Å²) in [5.74, 6) is -0.462. The number of benzene rings is 1. The minimum absolute atomic E-state index is 0. The van der Waals surface area contributed by atoms with E-state index >= 15 is 0 Å². The van der Waals surface area contributed by atoms with E-state index in [1.165, 1.54) is 11.8 Å². The van der Waals surface area contributed by atoms with E-state index in [1.807, 2.05) is 25.1 Å². The number of rotatable bonds is 3. The van der Waals surface area contributed by atoms with Gasteiger partial charge in [-0.05, 0) is 25.3 Å². The van der Waals surface area contributed by atoms with Gasteiger partial charge in [0.15, 0.2) is 0 Å². The van der Waals surface area contributed by atoms with Crippen molar-refractivity contribution in [2.45, 2.75) is 6.92 Å². The number of nitrogens with one attached hydrogen (secondary N) is 1. The molecule has 0 saturated carbocycles. The van der Waals surface area contributed by atoms with Crippen molar-refractivity contribution in [2.24, 2.45) is 0 Å². The maximum atomic E-state index is 11.8. The van der Waals surface area contributed by atoms with Crippen molar-refractivity contribution < 1.29 is 34.4 Å². The zero-order valence-corrected chi connectivity index (χ0v) is 14.1. The van der Waals surface area contributed by atoms with E-state index in [1.54, 1.807) is 18.4 Å². The minimum Gasteiger partial charge on any atom is -0.772 e. The number of nitriles is 1. The molecule has 0 radical (unpaired) electrons. The third-order valence-electron chi connectivity index (χ3n) is 2.04. The Kier molecular flexibility index (Phi) is 8.32. The first-order chi connectivity index (χ1) is 8.08. The number of anilines is 1.